The normalized spacial score (nSPS) is 13.8. The molecule has 0 bridgehead atoms. The molecular weight excluding hydrogens is 264 g/mol. The maximum absolute atomic E-state index is 12.1. The third-order valence-electron chi connectivity index (χ3n) is 3.25. The zero-order valence-electron chi connectivity index (χ0n) is 11.8. The van der Waals surface area contributed by atoms with Crippen molar-refractivity contribution in [1.29, 1.82) is 0 Å². The van der Waals surface area contributed by atoms with Gasteiger partial charge >= 0.3 is 0 Å². The largest absolute Gasteiger partial charge is 0.392 e. The fraction of sp³-hybridized carbons (Fsp3) is 0.538. The molecule has 1 aromatic rings. The Kier molecular flexibility index (Phi) is 5.49. The van der Waals surface area contributed by atoms with E-state index < -0.39 is 10.0 Å². The van der Waals surface area contributed by atoms with Crippen LogP contribution in [0.5, 0.6) is 0 Å². The van der Waals surface area contributed by atoms with Gasteiger partial charge in [0, 0.05) is 12.6 Å². The molecule has 1 aromatic carbocycles. The highest BCUT2D eigenvalue weighted by Crippen LogP contribution is 2.15. The second kappa shape index (κ2) is 6.47. The van der Waals surface area contributed by atoms with E-state index in [9.17, 15) is 13.5 Å². The van der Waals surface area contributed by atoms with E-state index in [-0.39, 0.29) is 17.5 Å². The van der Waals surface area contributed by atoms with E-state index in [1.807, 2.05) is 32.8 Å². The molecule has 0 aliphatic carbocycles. The van der Waals surface area contributed by atoms with Gasteiger partial charge in [-0.2, -0.15) is 0 Å². The lowest BCUT2D eigenvalue weighted by atomic mass is 10.1. The van der Waals surface area contributed by atoms with Crippen LogP contribution in [0.15, 0.2) is 23.1 Å². The molecule has 0 fully saturated rings. The van der Waals surface area contributed by atoms with Crippen LogP contribution in [0.4, 0.5) is 0 Å². The SMILES string of the molecule is Cc1ccc(S(=O)(=O)NCC(C)N(C)C)cc1CO. The second-order valence-electron chi connectivity index (χ2n) is 4.91. The summed E-state index contributed by atoms with van der Waals surface area (Å²) in [5, 5.41) is 9.18. The standard InChI is InChI=1S/C13H22N2O3S/c1-10-5-6-13(7-12(10)9-16)19(17,18)14-8-11(2)15(3)4/h5-7,11,14,16H,8-9H2,1-4H3. The molecule has 2 N–H and O–H groups in total. The van der Waals surface area contributed by atoms with E-state index in [2.05, 4.69) is 4.72 Å². The lowest BCUT2D eigenvalue weighted by Crippen LogP contribution is -2.38. The van der Waals surface area contributed by atoms with Crippen LogP contribution in [0, 0.1) is 6.92 Å². The molecule has 0 spiro atoms. The predicted octanol–water partition coefficient (Wildman–Crippen LogP) is 0.716. The summed E-state index contributed by atoms with van der Waals surface area (Å²) in [6.07, 6.45) is 0. The monoisotopic (exact) mass is 286 g/mol. The summed E-state index contributed by atoms with van der Waals surface area (Å²) in [5.41, 5.74) is 1.51. The third kappa shape index (κ3) is 4.28. The Morgan fingerprint density at radius 2 is 2.00 bits per heavy atom. The second-order valence-corrected chi connectivity index (χ2v) is 6.68. The molecule has 108 valence electrons. The van der Waals surface area contributed by atoms with Crippen LogP contribution in [-0.2, 0) is 16.6 Å². The van der Waals surface area contributed by atoms with Crippen molar-refractivity contribution in [3.63, 3.8) is 0 Å². The summed E-state index contributed by atoms with van der Waals surface area (Å²) >= 11 is 0. The first-order valence-corrected chi connectivity index (χ1v) is 7.62. The zero-order valence-corrected chi connectivity index (χ0v) is 12.7. The van der Waals surface area contributed by atoms with Crippen molar-refractivity contribution in [3.05, 3.63) is 29.3 Å². The number of rotatable bonds is 6. The van der Waals surface area contributed by atoms with Crippen molar-refractivity contribution in [2.45, 2.75) is 31.4 Å². The third-order valence-corrected chi connectivity index (χ3v) is 4.67. The first kappa shape index (κ1) is 16.1. The smallest absolute Gasteiger partial charge is 0.240 e. The Hall–Kier alpha value is -0.950. The van der Waals surface area contributed by atoms with Crippen LogP contribution < -0.4 is 4.72 Å². The molecule has 0 aromatic heterocycles. The summed E-state index contributed by atoms with van der Waals surface area (Å²) < 4.78 is 26.8. The van der Waals surface area contributed by atoms with E-state index in [4.69, 9.17) is 0 Å². The molecule has 5 nitrogen and oxygen atoms in total. The molecular formula is C13H22N2O3S. The molecule has 0 radical (unpaired) electrons. The Labute approximate surface area is 115 Å². The van der Waals surface area contributed by atoms with Gasteiger partial charge in [-0.05, 0) is 51.2 Å². The first-order valence-electron chi connectivity index (χ1n) is 6.14. The molecule has 1 unspecified atom stereocenters. The number of benzene rings is 1. The van der Waals surface area contributed by atoms with Gasteiger partial charge in [0.2, 0.25) is 10.0 Å². The fourth-order valence-corrected chi connectivity index (χ4v) is 2.65. The van der Waals surface area contributed by atoms with Crippen LogP contribution in [-0.4, -0.2) is 45.1 Å². The molecule has 0 heterocycles. The van der Waals surface area contributed by atoms with Crippen molar-refractivity contribution >= 4 is 10.0 Å². The minimum atomic E-state index is -3.53. The van der Waals surface area contributed by atoms with Crippen LogP contribution in [0.25, 0.3) is 0 Å². The van der Waals surface area contributed by atoms with Gasteiger partial charge < -0.3 is 10.0 Å². The molecule has 0 saturated heterocycles. The summed E-state index contributed by atoms with van der Waals surface area (Å²) in [7, 11) is 0.269. The van der Waals surface area contributed by atoms with Crippen molar-refractivity contribution in [3.8, 4) is 0 Å². The van der Waals surface area contributed by atoms with Gasteiger partial charge in [0.05, 0.1) is 11.5 Å². The number of hydrogen-bond acceptors (Lipinski definition) is 4. The number of sulfonamides is 1. The van der Waals surface area contributed by atoms with Crippen molar-refractivity contribution in [2.24, 2.45) is 0 Å². The van der Waals surface area contributed by atoms with Gasteiger partial charge in [0.1, 0.15) is 0 Å². The first-order chi connectivity index (χ1) is 8.77. The van der Waals surface area contributed by atoms with Gasteiger partial charge in [0.25, 0.3) is 0 Å². The quantitative estimate of drug-likeness (QED) is 0.808. The van der Waals surface area contributed by atoms with Crippen molar-refractivity contribution in [1.82, 2.24) is 9.62 Å². The topological polar surface area (TPSA) is 69.6 Å². The average molecular weight is 286 g/mol. The van der Waals surface area contributed by atoms with Gasteiger partial charge in [-0.25, -0.2) is 13.1 Å². The van der Waals surface area contributed by atoms with Crippen LogP contribution in [0.1, 0.15) is 18.1 Å². The minimum Gasteiger partial charge on any atom is -0.392 e. The number of nitrogens with one attached hydrogen (secondary N) is 1. The molecule has 0 aliphatic rings. The maximum Gasteiger partial charge on any atom is 0.240 e. The van der Waals surface area contributed by atoms with E-state index in [1.54, 1.807) is 12.1 Å². The molecule has 1 rings (SSSR count). The summed E-state index contributed by atoms with van der Waals surface area (Å²) in [5.74, 6) is 0. The van der Waals surface area contributed by atoms with Gasteiger partial charge in [-0.3, -0.25) is 0 Å². The number of nitrogens with zero attached hydrogens (tertiary/aromatic N) is 1. The number of aliphatic hydroxyl groups is 1. The summed E-state index contributed by atoms with van der Waals surface area (Å²) in [6.45, 7) is 3.96. The number of aryl methyl sites for hydroxylation is 1. The Balaban J connectivity index is 2.89. The van der Waals surface area contributed by atoms with Gasteiger partial charge in [-0.15, -0.1) is 0 Å². The number of likely N-dealkylation sites (N-methyl/N-ethyl adjacent to an activating group) is 1. The van der Waals surface area contributed by atoms with Gasteiger partial charge in [-0.1, -0.05) is 6.07 Å². The lowest BCUT2D eigenvalue weighted by Gasteiger charge is -2.20. The summed E-state index contributed by atoms with van der Waals surface area (Å²) in [4.78, 5) is 2.13. The highest BCUT2D eigenvalue weighted by Gasteiger charge is 2.16. The van der Waals surface area contributed by atoms with Crippen LogP contribution >= 0.6 is 0 Å². The highest BCUT2D eigenvalue weighted by atomic mass is 32.2. The van der Waals surface area contributed by atoms with Crippen LogP contribution in [0.3, 0.4) is 0 Å². The molecule has 0 amide bonds. The van der Waals surface area contributed by atoms with Crippen molar-refractivity contribution < 1.29 is 13.5 Å². The highest BCUT2D eigenvalue weighted by molar-refractivity contribution is 7.89. The van der Waals surface area contributed by atoms with E-state index >= 15 is 0 Å². The molecule has 6 heteroatoms. The number of aliphatic hydroxyl groups excluding tert-OH is 1. The fourth-order valence-electron chi connectivity index (χ4n) is 1.48. The van der Waals surface area contributed by atoms with E-state index in [0.29, 0.717) is 12.1 Å². The number of hydrogen-bond donors (Lipinski definition) is 2. The lowest BCUT2D eigenvalue weighted by molar-refractivity contribution is 0.280. The Morgan fingerprint density at radius 3 is 2.53 bits per heavy atom. The molecule has 19 heavy (non-hydrogen) atoms. The maximum atomic E-state index is 12.1. The molecule has 1 atom stereocenters. The van der Waals surface area contributed by atoms with E-state index in [0.717, 1.165) is 5.56 Å². The zero-order chi connectivity index (χ0) is 14.6. The Morgan fingerprint density at radius 1 is 1.37 bits per heavy atom. The molecule has 0 aliphatic heterocycles. The molecule has 0 saturated carbocycles. The van der Waals surface area contributed by atoms with E-state index in [1.165, 1.54) is 6.07 Å². The predicted molar refractivity (Wildman–Crippen MR) is 75.4 cm³/mol. The van der Waals surface area contributed by atoms with Gasteiger partial charge in [0.15, 0.2) is 0 Å². The summed E-state index contributed by atoms with van der Waals surface area (Å²) in [6, 6.07) is 4.88. The van der Waals surface area contributed by atoms with Crippen molar-refractivity contribution in [2.75, 3.05) is 20.6 Å². The van der Waals surface area contributed by atoms with Crippen LogP contribution in [0.2, 0.25) is 0 Å². The minimum absolute atomic E-state index is 0.109. The average Bonchev–Trinajstić information content (AvgIpc) is 2.36. The Bertz CT molecular complexity index is 527.